The van der Waals surface area contributed by atoms with E-state index in [0.29, 0.717) is 18.0 Å². The molecule has 30 heavy (non-hydrogen) atoms. The van der Waals surface area contributed by atoms with E-state index in [4.69, 9.17) is 4.74 Å². The summed E-state index contributed by atoms with van der Waals surface area (Å²) in [6, 6.07) is 13.3. The van der Waals surface area contributed by atoms with Crippen LogP contribution in [0.2, 0.25) is 0 Å². The first-order valence-corrected chi connectivity index (χ1v) is 10.1. The van der Waals surface area contributed by atoms with Crippen molar-refractivity contribution in [2.75, 3.05) is 51.6 Å². The minimum absolute atomic E-state index is 0.0275. The molecule has 0 radical (unpaired) electrons. The lowest BCUT2D eigenvalue weighted by atomic mass is 9.96. The second-order valence-electron chi connectivity index (χ2n) is 7.79. The summed E-state index contributed by atoms with van der Waals surface area (Å²) in [7, 11) is 7.63. The zero-order valence-electron chi connectivity index (χ0n) is 18.1. The third-order valence-electron chi connectivity index (χ3n) is 5.47. The highest BCUT2D eigenvalue weighted by Gasteiger charge is 2.21. The van der Waals surface area contributed by atoms with Gasteiger partial charge in [-0.15, -0.1) is 0 Å². The number of carbonyl (C=O) groups is 2. The molecule has 1 aliphatic rings. The molecule has 1 atom stereocenters. The standard InChI is InChI=1S/C23H30N4O3/c1-26(2)21(17-7-12-20-16(14-17)6-5-13-27(20)3)15-24-22(28)23(29)25-18-8-10-19(30-4)11-9-18/h7-12,14,21H,5-6,13,15H2,1-4H3,(H,24,28)(H,25,29). The zero-order chi connectivity index (χ0) is 21.7. The third-order valence-corrected chi connectivity index (χ3v) is 5.47. The minimum atomic E-state index is -0.690. The molecule has 0 aromatic heterocycles. The molecular formula is C23H30N4O3. The van der Waals surface area contributed by atoms with Gasteiger partial charge in [0.15, 0.2) is 0 Å². The Hall–Kier alpha value is -3.06. The number of aryl methyl sites for hydroxylation is 1. The Labute approximate surface area is 178 Å². The molecule has 0 aliphatic carbocycles. The van der Waals surface area contributed by atoms with E-state index in [0.717, 1.165) is 24.9 Å². The van der Waals surface area contributed by atoms with Crippen molar-refractivity contribution in [3.63, 3.8) is 0 Å². The van der Waals surface area contributed by atoms with E-state index >= 15 is 0 Å². The molecule has 2 aromatic rings. The third kappa shape index (κ3) is 5.10. The molecule has 2 aromatic carbocycles. The topological polar surface area (TPSA) is 73.9 Å². The number of rotatable bonds is 6. The molecular weight excluding hydrogens is 380 g/mol. The number of likely N-dealkylation sites (N-methyl/N-ethyl adjacent to an activating group) is 1. The van der Waals surface area contributed by atoms with Crippen molar-refractivity contribution in [2.24, 2.45) is 0 Å². The number of methoxy groups -OCH3 is 1. The SMILES string of the molecule is COc1ccc(NC(=O)C(=O)NCC(c2ccc3c(c2)CCCN3C)N(C)C)cc1. The van der Waals surface area contributed by atoms with Gasteiger partial charge in [-0.3, -0.25) is 9.59 Å². The molecule has 3 rings (SSSR count). The smallest absolute Gasteiger partial charge is 0.313 e. The quantitative estimate of drug-likeness (QED) is 0.716. The van der Waals surface area contributed by atoms with Crippen LogP contribution in [0.3, 0.4) is 0 Å². The highest BCUT2D eigenvalue weighted by molar-refractivity contribution is 6.39. The molecule has 2 N–H and O–H groups in total. The van der Waals surface area contributed by atoms with Crippen LogP contribution in [0.5, 0.6) is 5.75 Å². The van der Waals surface area contributed by atoms with Gasteiger partial charge in [0.05, 0.1) is 13.2 Å². The van der Waals surface area contributed by atoms with Gasteiger partial charge in [-0.1, -0.05) is 12.1 Å². The molecule has 0 saturated carbocycles. The van der Waals surface area contributed by atoms with Gasteiger partial charge < -0.3 is 25.2 Å². The number of nitrogens with one attached hydrogen (secondary N) is 2. The van der Waals surface area contributed by atoms with Crippen LogP contribution in [-0.4, -0.2) is 58.1 Å². The highest BCUT2D eigenvalue weighted by atomic mass is 16.5. The Bertz CT molecular complexity index is 896. The molecule has 2 amide bonds. The fourth-order valence-corrected chi connectivity index (χ4v) is 3.74. The first-order chi connectivity index (χ1) is 14.4. The molecule has 0 fully saturated rings. The summed E-state index contributed by atoms with van der Waals surface area (Å²) in [5.74, 6) is -0.664. The molecule has 160 valence electrons. The summed E-state index contributed by atoms with van der Waals surface area (Å²) in [6.07, 6.45) is 2.20. The number of nitrogens with zero attached hydrogens (tertiary/aromatic N) is 2. The number of ether oxygens (including phenoxy) is 1. The van der Waals surface area contributed by atoms with Gasteiger partial charge in [0.1, 0.15) is 5.75 Å². The van der Waals surface area contributed by atoms with Crippen LogP contribution in [0.4, 0.5) is 11.4 Å². The van der Waals surface area contributed by atoms with E-state index < -0.39 is 11.8 Å². The summed E-state index contributed by atoms with van der Waals surface area (Å²) < 4.78 is 5.09. The normalized spacial score (nSPS) is 14.1. The van der Waals surface area contributed by atoms with Crippen molar-refractivity contribution < 1.29 is 14.3 Å². The number of hydrogen-bond donors (Lipinski definition) is 2. The maximum atomic E-state index is 12.3. The van der Waals surface area contributed by atoms with Crippen molar-refractivity contribution in [3.05, 3.63) is 53.6 Å². The monoisotopic (exact) mass is 410 g/mol. The fourth-order valence-electron chi connectivity index (χ4n) is 3.74. The Morgan fingerprint density at radius 3 is 2.53 bits per heavy atom. The van der Waals surface area contributed by atoms with E-state index in [9.17, 15) is 9.59 Å². The number of carbonyl (C=O) groups excluding carboxylic acids is 2. The van der Waals surface area contributed by atoms with Gasteiger partial charge in [-0.2, -0.15) is 0 Å². The average Bonchev–Trinajstić information content (AvgIpc) is 2.74. The van der Waals surface area contributed by atoms with Crippen LogP contribution < -0.4 is 20.3 Å². The number of fused-ring (bicyclic) bond motifs is 1. The number of amides is 2. The van der Waals surface area contributed by atoms with Crippen LogP contribution >= 0.6 is 0 Å². The Morgan fingerprint density at radius 2 is 1.87 bits per heavy atom. The number of anilines is 2. The van der Waals surface area contributed by atoms with Gasteiger partial charge in [0.25, 0.3) is 0 Å². The average molecular weight is 411 g/mol. The summed E-state index contributed by atoms with van der Waals surface area (Å²) in [6.45, 7) is 1.42. The largest absolute Gasteiger partial charge is 0.497 e. The van der Waals surface area contributed by atoms with E-state index in [-0.39, 0.29) is 6.04 Å². The predicted molar refractivity (Wildman–Crippen MR) is 119 cm³/mol. The first kappa shape index (κ1) is 21.6. The maximum absolute atomic E-state index is 12.3. The lowest BCUT2D eigenvalue weighted by Gasteiger charge is -2.30. The van der Waals surface area contributed by atoms with E-state index in [2.05, 4.69) is 45.7 Å². The van der Waals surface area contributed by atoms with Gasteiger partial charge >= 0.3 is 11.8 Å². The number of benzene rings is 2. The predicted octanol–water partition coefficient (Wildman–Crippen LogP) is 2.44. The molecule has 0 spiro atoms. The summed E-state index contributed by atoms with van der Waals surface area (Å²) in [5, 5.41) is 5.37. The Balaban J connectivity index is 1.62. The van der Waals surface area contributed by atoms with Gasteiger partial charge in [-0.25, -0.2) is 0 Å². The first-order valence-electron chi connectivity index (χ1n) is 10.1. The van der Waals surface area contributed by atoms with Gasteiger partial charge in [0, 0.05) is 31.5 Å². The van der Waals surface area contributed by atoms with Crippen LogP contribution in [0, 0.1) is 0 Å². The maximum Gasteiger partial charge on any atom is 0.313 e. The fraction of sp³-hybridized carbons (Fsp3) is 0.391. The lowest BCUT2D eigenvalue weighted by Crippen LogP contribution is -2.40. The minimum Gasteiger partial charge on any atom is -0.497 e. The molecule has 0 saturated heterocycles. The molecule has 7 heteroatoms. The van der Waals surface area contributed by atoms with Crippen molar-refractivity contribution in [1.29, 1.82) is 0 Å². The van der Waals surface area contributed by atoms with Gasteiger partial charge in [-0.05, 0) is 68.4 Å². The second-order valence-corrected chi connectivity index (χ2v) is 7.79. The molecule has 7 nitrogen and oxygen atoms in total. The zero-order valence-corrected chi connectivity index (χ0v) is 18.1. The molecule has 1 aliphatic heterocycles. The second kappa shape index (κ2) is 9.63. The highest BCUT2D eigenvalue weighted by Crippen LogP contribution is 2.29. The van der Waals surface area contributed by atoms with Crippen molar-refractivity contribution in [1.82, 2.24) is 10.2 Å². The molecule has 1 unspecified atom stereocenters. The summed E-state index contributed by atoms with van der Waals surface area (Å²) >= 11 is 0. The van der Waals surface area contributed by atoms with Crippen LogP contribution in [-0.2, 0) is 16.0 Å². The summed E-state index contributed by atoms with van der Waals surface area (Å²) in [5.41, 5.74) is 4.27. The van der Waals surface area contributed by atoms with Gasteiger partial charge in [0.2, 0.25) is 0 Å². The van der Waals surface area contributed by atoms with Crippen molar-refractivity contribution in [2.45, 2.75) is 18.9 Å². The van der Waals surface area contributed by atoms with Crippen molar-refractivity contribution in [3.8, 4) is 5.75 Å². The Kier molecular flexibility index (Phi) is 6.95. The van der Waals surface area contributed by atoms with Crippen LogP contribution in [0.25, 0.3) is 0 Å². The Morgan fingerprint density at radius 1 is 1.13 bits per heavy atom. The van der Waals surface area contributed by atoms with Crippen molar-refractivity contribution >= 4 is 23.2 Å². The van der Waals surface area contributed by atoms with E-state index in [1.165, 1.54) is 11.3 Å². The lowest BCUT2D eigenvalue weighted by molar-refractivity contribution is -0.136. The van der Waals surface area contributed by atoms with Crippen LogP contribution in [0.1, 0.15) is 23.6 Å². The van der Waals surface area contributed by atoms with Crippen LogP contribution in [0.15, 0.2) is 42.5 Å². The van der Waals surface area contributed by atoms with E-state index in [1.54, 1.807) is 31.4 Å². The number of hydrogen-bond acceptors (Lipinski definition) is 5. The molecule has 1 heterocycles. The summed E-state index contributed by atoms with van der Waals surface area (Å²) in [4.78, 5) is 28.9. The van der Waals surface area contributed by atoms with E-state index in [1.807, 2.05) is 14.1 Å². The molecule has 0 bridgehead atoms.